The molecule has 1 aromatic heterocycles. The molecule has 0 N–H and O–H groups in total. The number of nitrogens with zero attached hydrogens (tertiary/aromatic N) is 1. The summed E-state index contributed by atoms with van der Waals surface area (Å²) in [7, 11) is 1.52. The number of esters is 1. The predicted molar refractivity (Wildman–Crippen MR) is 80.9 cm³/mol. The lowest BCUT2D eigenvalue weighted by Gasteiger charge is -2.33. The van der Waals surface area contributed by atoms with Crippen LogP contribution < -0.4 is 0 Å². The van der Waals surface area contributed by atoms with Crippen LogP contribution in [0.15, 0.2) is 17.5 Å². The first-order valence-corrected chi connectivity index (χ1v) is 8.53. The molecule has 4 heteroatoms. The minimum Gasteiger partial charge on any atom is -0.468 e. The molecule has 0 bridgehead atoms. The van der Waals surface area contributed by atoms with Crippen LogP contribution in [0, 0.1) is 5.92 Å². The molecule has 2 fully saturated rings. The lowest BCUT2D eigenvalue weighted by molar-refractivity contribution is -0.146. The molecule has 3 atom stereocenters. The molecule has 1 aliphatic heterocycles. The van der Waals surface area contributed by atoms with Crippen LogP contribution in [0.2, 0.25) is 0 Å². The normalized spacial score (nSPS) is 30.1. The maximum Gasteiger partial charge on any atom is 0.323 e. The van der Waals surface area contributed by atoms with Crippen molar-refractivity contribution >= 4 is 17.3 Å². The van der Waals surface area contributed by atoms with E-state index in [0.717, 1.165) is 19.4 Å². The first kappa shape index (κ1) is 14.1. The fraction of sp³-hybridized carbons (Fsp3) is 0.688. The number of ether oxygens (including phenoxy) is 1. The minimum absolute atomic E-state index is 0.00642. The van der Waals surface area contributed by atoms with Crippen LogP contribution in [-0.2, 0) is 16.0 Å². The van der Waals surface area contributed by atoms with E-state index in [9.17, 15) is 4.79 Å². The summed E-state index contributed by atoms with van der Waals surface area (Å²) in [5.41, 5.74) is 0. The smallest absolute Gasteiger partial charge is 0.323 e. The van der Waals surface area contributed by atoms with Gasteiger partial charge in [0.1, 0.15) is 6.04 Å². The Labute approximate surface area is 124 Å². The van der Waals surface area contributed by atoms with Crippen LogP contribution >= 0.6 is 11.3 Å². The average molecular weight is 293 g/mol. The number of carbonyl (C=O) groups is 1. The molecule has 2 aliphatic rings. The summed E-state index contributed by atoms with van der Waals surface area (Å²) < 4.78 is 5.03. The van der Waals surface area contributed by atoms with Crippen molar-refractivity contribution < 1.29 is 9.53 Å². The maximum atomic E-state index is 12.1. The lowest BCUT2D eigenvalue weighted by Crippen LogP contribution is -2.43. The summed E-state index contributed by atoms with van der Waals surface area (Å²) in [6.45, 7) is 0.988. The minimum atomic E-state index is -0.0365. The van der Waals surface area contributed by atoms with Crippen molar-refractivity contribution in [3.63, 3.8) is 0 Å². The Morgan fingerprint density at radius 1 is 1.45 bits per heavy atom. The van der Waals surface area contributed by atoms with Gasteiger partial charge in [-0.15, -0.1) is 11.3 Å². The van der Waals surface area contributed by atoms with Gasteiger partial charge < -0.3 is 4.74 Å². The molecule has 110 valence electrons. The molecule has 0 unspecified atom stereocenters. The Bertz CT molecular complexity index is 445. The van der Waals surface area contributed by atoms with Crippen molar-refractivity contribution in [3.05, 3.63) is 22.4 Å². The highest BCUT2D eigenvalue weighted by Gasteiger charge is 2.45. The Balaban J connectivity index is 1.70. The molecule has 0 spiro atoms. The van der Waals surface area contributed by atoms with Gasteiger partial charge in [-0.3, -0.25) is 9.69 Å². The molecular weight excluding hydrogens is 270 g/mol. The molecule has 3 nitrogen and oxygen atoms in total. The summed E-state index contributed by atoms with van der Waals surface area (Å²) in [4.78, 5) is 15.9. The van der Waals surface area contributed by atoms with E-state index in [1.165, 1.54) is 37.7 Å². The molecule has 1 aromatic rings. The Morgan fingerprint density at radius 2 is 2.30 bits per heavy atom. The van der Waals surface area contributed by atoms with Gasteiger partial charge in [0.2, 0.25) is 0 Å². The van der Waals surface area contributed by atoms with Crippen LogP contribution in [0.25, 0.3) is 0 Å². The van der Waals surface area contributed by atoms with E-state index >= 15 is 0 Å². The summed E-state index contributed by atoms with van der Waals surface area (Å²) in [5, 5.41) is 2.13. The average Bonchev–Trinajstić information content (AvgIpc) is 3.11. The molecular formula is C16H23NO2S. The first-order chi connectivity index (χ1) is 9.79. The maximum absolute atomic E-state index is 12.1. The van der Waals surface area contributed by atoms with Gasteiger partial charge in [0, 0.05) is 17.5 Å². The molecule has 0 amide bonds. The molecule has 20 heavy (non-hydrogen) atoms. The SMILES string of the molecule is COC(=O)[C@@H]1C[C@H]2CCCC[C@@H]2N1CCc1cccs1. The predicted octanol–water partition coefficient (Wildman–Crippen LogP) is 3.10. The van der Waals surface area contributed by atoms with Gasteiger partial charge >= 0.3 is 5.97 Å². The highest BCUT2D eigenvalue weighted by atomic mass is 32.1. The highest BCUT2D eigenvalue weighted by Crippen LogP contribution is 2.40. The van der Waals surface area contributed by atoms with E-state index in [0.29, 0.717) is 12.0 Å². The molecule has 1 saturated carbocycles. The van der Waals surface area contributed by atoms with Crippen LogP contribution in [0.3, 0.4) is 0 Å². The Morgan fingerprint density at radius 3 is 3.05 bits per heavy atom. The van der Waals surface area contributed by atoms with Crippen molar-refractivity contribution in [1.82, 2.24) is 4.90 Å². The number of hydrogen-bond acceptors (Lipinski definition) is 4. The fourth-order valence-corrected chi connectivity index (χ4v) is 4.63. The summed E-state index contributed by atoms with van der Waals surface area (Å²) >= 11 is 1.81. The number of carbonyl (C=O) groups excluding carboxylic acids is 1. The topological polar surface area (TPSA) is 29.5 Å². The standard InChI is InChI=1S/C16H23NO2S/c1-19-16(18)15-11-12-5-2-3-7-14(12)17(15)9-8-13-6-4-10-20-13/h4,6,10,12,14-15H,2-3,5,7-9,11H2,1H3/t12-,14+,15+/m1/s1. The molecule has 3 rings (SSSR count). The zero-order chi connectivity index (χ0) is 13.9. The zero-order valence-electron chi connectivity index (χ0n) is 12.1. The fourth-order valence-electron chi connectivity index (χ4n) is 3.94. The number of likely N-dealkylation sites (tertiary alicyclic amines) is 1. The third kappa shape index (κ3) is 2.77. The van der Waals surface area contributed by atoms with Crippen LogP contribution in [0.5, 0.6) is 0 Å². The van der Waals surface area contributed by atoms with Crippen molar-refractivity contribution in [2.45, 2.75) is 50.6 Å². The largest absolute Gasteiger partial charge is 0.468 e. The highest BCUT2D eigenvalue weighted by molar-refractivity contribution is 7.09. The van der Waals surface area contributed by atoms with Crippen LogP contribution in [0.4, 0.5) is 0 Å². The second kappa shape index (κ2) is 6.27. The van der Waals surface area contributed by atoms with Gasteiger partial charge in [-0.2, -0.15) is 0 Å². The van der Waals surface area contributed by atoms with Crippen molar-refractivity contribution in [1.29, 1.82) is 0 Å². The van der Waals surface area contributed by atoms with Gasteiger partial charge in [0.15, 0.2) is 0 Å². The molecule has 1 saturated heterocycles. The van der Waals surface area contributed by atoms with E-state index < -0.39 is 0 Å². The number of fused-ring (bicyclic) bond motifs is 1. The molecule has 0 aromatic carbocycles. The van der Waals surface area contributed by atoms with Gasteiger partial charge in [0.25, 0.3) is 0 Å². The van der Waals surface area contributed by atoms with Gasteiger partial charge in [-0.1, -0.05) is 18.9 Å². The monoisotopic (exact) mass is 293 g/mol. The first-order valence-electron chi connectivity index (χ1n) is 7.65. The van der Waals surface area contributed by atoms with Gasteiger partial charge in [-0.25, -0.2) is 0 Å². The van der Waals surface area contributed by atoms with Crippen molar-refractivity contribution in [2.24, 2.45) is 5.92 Å². The molecule has 1 aliphatic carbocycles. The van der Waals surface area contributed by atoms with Crippen LogP contribution in [0.1, 0.15) is 37.0 Å². The Hall–Kier alpha value is -0.870. The van der Waals surface area contributed by atoms with E-state index in [2.05, 4.69) is 22.4 Å². The van der Waals surface area contributed by atoms with Gasteiger partial charge in [0.05, 0.1) is 7.11 Å². The third-order valence-corrected chi connectivity index (χ3v) is 5.83. The zero-order valence-corrected chi connectivity index (χ0v) is 12.9. The second-order valence-electron chi connectivity index (χ2n) is 5.95. The van der Waals surface area contributed by atoms with Crippen LogP contribution in [-0.4, -0.2) is 36.6 Å². The van der Waals surface area contributed by atoms with E-state index in [4.69, 9.17) is 4.74 Å². The molecule has 2 heterocycles. The summed E-state index contributed by atoms with van der Waals surface area (Å²) in [6.07, 6.45) is 7.23. The number of thiophene rings is 1. The van der Waals surface area contributed by atoms with Gasteiger partial charge in [-0.05, 0) is 43.0 Å². The summed E-state index contributed by atoms with van der Waals surface area (Å²) in [6, 6.07) is 4.89. The van der Waals surface area contributed by atoms with E-state index in [1.807, 2.05) is 11.3 Å². The number of hydrogen-bond donors (Lipinski definition) is 0. The summed E-state index contributed by atoms with van der Waals surface area (Å²) in [5.74, 6) is 0.668. The quantitative estimate of drug-likeness (QED) is 0.799. The van der Waals surface area contributed by atoms with E-state index in [1.54, 1.807) is 0 Å². The lowest BCUT2D eigenvalue weighted by atomic mass is 9.85. The van der Waals surface area contributed by atoms with Crippen molar-refractivity contribution in [3.8, 4) is 0 Å². The second-order valence-corrected chi connectivity index (χ2v) is 6.99. The van der Waals surface area contributed by atoms with E-state index in [-0.39, 0.29) is 12.0 Å². The number of rotatable bonds is 4. The Kier molecular flexibility index (Phi) is 4.41. The number of methoxy groups -OCH3 is 1. The molecule has 0 radical (unpaired) electrons. The van der Waals surface area contributed by atoms with Crippen molar-refractivity contribution in [2.75, 3.05) is 13.7 Å². The third-order valence-electron chi connectivity index (χ3n) is 4.89.